The molecule has 1 aliphatic heterocycles. The molecule has 0 aliphatic carbocycles. The molecule has 1 atom stereocenters. The fraction of sp³-hybridized carbons (Fsp3) is 0.125. The molecule has 0 saturated carbocycles. The number of ether oxygens (including phenoxy) is 4. The summed E-state index contributed by atoms with van der Waals surface area (Å²) in [6.07, 6.45) is 0.636. The van der Waals surface area contributed by atoms with Gasteiger partial charge in [-0.2, -0.15) is 5.10 Å². The molecule has 0 saturated heterocycles. The number of rotatable bonds is 6. The highest BCUT2D eigenvalue weighted by molar-refractivity contribution is 5.91. The molecule has 3 aromatic rings. The minimum atomic E-state index is -0.809. The highest BCUT2D eigenvalue weighted by Crippen LogP contribution is 2.31. The third-order valence-electron chi connectivity index (χ3n) is 4.59. The maximum Gasteiger partial charge on any atom is 0.343 e. The van der Waals surface area contributed by atoms with Crippen LogP contribution in [0.1, 0.15) is 15.9 Å². The van der Waals surface area contributed by atoms with Crippen molar-refractivity contribution in [2.75, 3.05) is 13.7 Å². The summed E-state index contributed by atoms with van der Waals surface area (Å²) in [5, 5.41) is 3.96. The van der Waals surface area contributed by atoms with E-state index in [1.54, 1.807) is 60.7 Å². The number of carbonyl (C=O) groups excluding carboxylic acids is 2. The number of nitrogens with zero attached hydrogens (tertiary/aromatic N) is 1. The van der Waals surface area contributed by atoms with E-state index in [1.807, 2.05) is 12.1 Å². The van der Waals surface area contributed by atoms with Crippen molar-refractivity contribution < 1.29 is 28.5 Å². The standard InChI is InChI=1S/C24H20N2O6/c1-29-21-13-16(11-12-20(21)32-24(28)17-7-3-2-4-8-17)14-25-26-23(27)22-15-30-18-9-5-6-10-19(18)31-22/h2-14,22H,15H2,1H3,(H,26,27). The molecule has 3 aromatic carbocycles. The lowest BCUT2D eigenvalue weighted by Gasteiger charge is -2.24. The number of benzene rings is 3. The third kappa shape index (κ3) is 4.86. The molecule has 8 nitrogen and oxygen atoms in total. The monoisotopic (exact) mass is 432 g/mol. The molecule has 1 N–H and O–H groups in total. The van der Waals surface area contributed by atoms with Gasteiger partial charge in [-0.3, -0.25) is 4.79 Å². The quantitative estimate of drug-likeness (QED) is 0.278. The lowest BCUT2D eigenvalue weighted by atomic mass is 10.2. The maximum atomic E-state index is 12.3. The Morgan fingerprint density at radius 2 is 1.75 bits per heavy atom. The Bertz CT molecular complexity index is 1150. The van der Waals surface area contributed by atoms with E-state index in [-0.39, 0.29) is 12.4 Å². The summed E-state index contributed by atoms with van der Waals surface area (Å²) in [7, 11) is 1.47. The van der Waals surface area contributed by atoms with E-state index in [0.717, 1.165) is 0 Å². The zero-order valence-corrected chi connectivity index (χ0v) is 17.2. The Labute approximate surface area is 184 Å². The Morgan fingerprint density at radius 3 is 2.53 bits per heavy atom. The minimum Gasteiger partial charge on any atom is -0.493 e. The van der Waals surface area contributed by atoms with E-state index in [4.69, 9.17) is 18.9 Å². The molecule has 0 bridgehead atoms. The molecule has 0 aromatic heterocycles. The lowest BCUT2D eigenvalue weighted by Crippen LogP contribution is -2.42. The van der Waals surface area contributed by atoms with Crippen molar-refractivity contribution in [1.82, 2.24) is 5.43 Å². The van der Waals surface area contributed by atoms with Gasteiger partial charge in [0.1, 0.15) is 6.61 Å². The van der Waals surface area contributed by atoms with E-state index < -0.39 is 18.0 Å². The maximum absolute atomic E-state index is 12.3. The van der Waals surface area contributed by atoms with Gasteiger partial charge in [0.15, 0.2) is 23.0 Å². The summed E-state index contributed by atoms with van der Waals surface area (Å²) in [4.78, 5) is 24.6. The highest BCUT2D eigenvalue weighted by atomic mass is 16.6. The summed E-state index contributed by atoms with van der Waals surface area (Å²) < 4.78 is 21.9. The molecule has 1 amide bonds. The van der Waals surface area contributed by atoms with Gasteiger partial charge in [-0.25, -0.2) is 10.2 Å². The molecule has 0 fully saturated rings. The summed E-state index contributed by atoms with van der Waals surface area (Å²) in [5.41, 5.74) is 3.50. The molecule has 0 radical (unpaired) electrons. The number of carbonyl (C=O) groups is 2. The first-order valence-electron chi connectivity index (χ1n) is 9.80. The van der Waals surface area contributed by atoms with Gasteiger partial charge in [0.2, 0.25) is 6.10 Å². The van der Waals surface area contributed by atoms with Gasteiger partial charge in [0.05, 0.1) is 18.9 Å². The Kier molecular flexibility index (Phi) is 6.31. The first-order chi connectivity index (χ1) is 15.6. The molecule has 32 heavy (non-hydrogen) atoms. The predicted molar refractivity (Wildman–Crippen MR) is 116 cm³/mol. The zero-order valence-electron chi connectivity index (χ0n) is 17.2. The normalized spacial score (nSPS) is 14.6. The van der Waals surface area contributed by atoms with Crippen LogP contribution in [-0.4, -0.2) is 37.9 Å². The fourth-order valence-corrected chi connectivity index (χ4v) is 2.97. The van der Waals surface area contributed by atoms with Crippen LogP contribution >= 0.6 is 0 Å². The Morgan fingerprint density at radius 1 is 1.00 bits per heavy atom. The second-order valence-electron chi connectivity index (χ2n) is 6.76. The van der Waals surface area contributed by atoms with Crippen molar-refractivity contribution in [3.63, 3.8) is 0 Å². The third-order valence-corrected chi connectivity index (χ3v) is 4.59. The van der Waals surface area contributed by atoms with Gasteiger partial charge >= 0.3 is 5.97 Å². The van der Waals surface area contributed by atoms with E-state index in [2.05, 4.69) is 10.5 Å². The SMILES string of the molecule is COc1cc(C=NNC(=O)C2COc3ccccc3O2)ccc1OC(=O)c1ccccc1. The molecule has 0 spiro atoms. The number of hydrazone groups is 1. The fourth-order valence-electron chi connectivity index (χ4n) is 2.97. The molecule has 1 aliphatic rings. The van der Waals surface area contributed by atoms with Crippen LogP contribution in [0.2, 0.25) is 0 Å². The number of methoxy groups -OCH3 is 1. The van der Waals surface area contributed by atoms with Crippen LogP contribution in [0.25, 0.3) is 0 Å². The smallest absolute Gasteiger partial charge is 0.343 e. The molecule has 8 heteroatoms. The van der Waals surface area contributed by atoms with E-state index in [1.165, 1.54) is 13.3 Å². The number of hydrogen-bond donors (Lipinski definition) is 1. The summed E-state index contributed by atoms with van der Waals surface area (Å²) >= 11 is 0. The second-order valence-corrected chi connectivity index (χ2v) is 6.76. The van der Waals surface area contributed by atoms with Crippen LogP contribution in [0.3, 0.4) is 0 Å². The predicted octanol–water partition coefficient (Wildman–Crippen LogP) is 3.20. The van der Waals surface area contributed by atoms with Gasteiger partial charge < -0.3 is 18.9 Å². The van der Waals surface area contributed by atoms with E-state index >= 15 is 0 Å². The van der Waals surface area contributed by atoms with Crippen LogP contribution in [0, 0.1) is 0 Å². The van der Waals surface area contributed by atoms with Gasteiger partial charge in [-0.1, -0.05) is 30.3 Å². The molecule has 1 heterocycles. The molecule has 162 valence electrons. The Balaban J connectivity index is 1.37. The molecule has 1 unspecified atom stereocenters. The van der Waals surface area contributed by atoms with Crippen LogP contribution in [0.15, 0.2) is 77.9 Å². The van der Waals surface area contributed by atoms with Gasteiger partial charge in [-0.15, -0.1) is 0 Å². The Hall–Kier alpha value is -4.33. The van der Waals surface area contributed by atoms with Crippen molar-refractivity contribution in [3.05, 3.63) is 83.9 Å². The summed E-state index contributed by atoms with van der Waals surface area (Å²) in [6.45, 7) is 0.0909. The second kappa shape index (κ2) is 9.65. The molecular weight excluding hydrogens is 412 g/mol. The van der Waals surface area contributed by atoms with Gasteiger partial charge in [0, 0.05) is 0 Å². The molecular formula is C24H20N2O6. The molecule has 4 rings (SSSR count). The lowest BCUT2D eigenvalue weighted by molar-refractivity contribution is -0.130. The average Bonchev–Trinajstić information content (AvgIpc) is 2.85. The zero-order chi connectivity index (χ0) is 22.3. The number of esters is 1. The van der Waals surface area contributed by atoms with Gasteiger partial charge in [-0.05, 0) is 48.0 Å². The first kappa shape index (κ1) is 20.9. The van der Waals surface area contributed by atoms with Crippen molar-refractivity contribution in [3.8, 4) is 23.0 Å². The number of para-hydroxylation sites is 2. The van der Waals surface area contributed by atoms with Gasteiger partial charge in [0.25, 0.3) is 5.91 Å². The van der Waals surface area contributed by atoms with Crippen molar-refractivity contribution in [2.45, 2.75) is 6.10 Å². The summed E-state index contributed by atoms with van der Waals surface area (Å²) in [5.74, 6) is 0.803. The highest BCUT2D eigenvalue weighted by Gasteiger charge is 2.27. The van der Waals surface area contributed by atoms with E-state index in [9.17, 15) is 9.59 Å². The number of fused-ring (bicyclic) bond motifs is 1. The van der Waals surface area contributed by atoms with Crippen LogP contribution < -0.4 is 24.4 Å². The van der Waals surface area contributed by atoms with Crippen LogP contribution in [0.5, 0.6) is 23.0 Å². The van der Waals surface area contributed by atoms with Crippen LogP contribution in [-0.2, 0) is 4.79 Å². The summed E-state index contributed by atoms with van der Waals surface area (Å²) in [6, 6.07) is 20.7. The number of nitrogens with one attached hydrogen (secondary N) is 1. The minimum absolute atomic E-state index is 0.0909. The number of amides is 1. The van der Waals surface area contributed by atoms with Crippen molar-refractivity contribution in [1.29, 1.82) is 0 Å². The van der Waals surface area contributed by atoms with E-state index in [0.29, 0.717) is 28.4 Å². The van der Waals surface area contributed by atoms with Crippen LogP contribution in [0.4, 0.5) is 0 Å². The largest absolute Gasteiger partial charge is 0.493 e. The average molecular weight is 432 g/mol. The number of hydrogen-bond acceptors (Lipinski definition) is 7. The van der Waals surface area contributed by atoms with Crippen molar-refractivity contribution in [2.24, 2.45) is 5.10 Å². The topological polar surface area (TPSA) is 95.5 Å². The first-order valence-corrected chi connectivity index (χ1v) is 9.80. The van der Waals surface area contributed by atoms with Crippen molar-refractivity contribution >= 4 is 18.1 Å².